The topological polar surface area (TPSA) is 107 Å². The molecule has 11 heteroatoms. The predicted molar refractivity (Wildman–Crippen MR) is 121 cm³/mol. The Balaban J connectivity index is 1.82. The van der Waals surface area contributed by atoms with Gasteiger partial charge in [0.2, 0.25) is 0 Å². The molecule has 5 N–H and O–H groups in total. The van der Waals surface area contributed by atoms with Crippen molar-refractivity contribution < 1.29 is 17.6 Å². The van der Waals surface area contributed by atoms with Crippen LogP contribution < -0.4 is 22.1 Å². The fourth-order valence-electron chi connectivity index (χ4n) is 5.13. The fourth-order valence-corrected chi connectivity index (χ4v) is 8.40. The molecule has 6 nitrogen and oxygen atoms in total. The van der Waals surface area contributed by atoms with Crippen LogP contribution in [-0.2, 0) is 0 Å². The quantitative estimate of drug-likeness (QED) is 0.568. The number of aryl methyl sites for hydroxylation is 1. The molecule has 33 heavy (non-hydrogen) atoms. The molecule has 2 aromatic rings. The van der Waals surface area contributed by atoms with Crippen molar-refractivity contribution in [3.8, 4) is 0 Å². The number of fused-ring (bicyclic) bond motifs is 1. The summed E-state index contributed by atoms with van der Waals surface area (Å²) in [5, 5.41) is 4.20. The van der Waals surface area contributed by atoms with Gasteiger partial charge in [-0.1, -0.05) is 0 Å². The average molecular weight is 485 g/mol. The van der Waals surface area contributed by atoms with Crippen molar-refractivity contribution in [1.29, 1.82) is 0 Å². The number of hydrogen-bond acceptors (Lipinski definition) is 4. The largest absolute Gasteiger partial charge is 0.413 e. The second kappa shape index (κ2) is 7.31. The highest BCUT2D eigenvalue weighted by atomic mass is 32.3. The zero-order valence-corrected chi connectivity index (χ0v) is 18.7. The van der Waals surface area contributed by atoms with Gasteiger partial charge in [-0.25, -0.2) is 9.18 Å². The fraction of sp³-hybridized carbons (Fsp3) is 0.455. The SMILES string of the molecule is Cc1c(C2=CC3=C(CCCC3)S2(N)C(N)C(F)(F)F)c(F)cc2c(=O)[nH]c(=O)n(C3CC3)c12. The maximum Gasteiger partial charge on any atom is 0.413 e. The third kappa shape index (κ3) is 3.23. The maximum atomic E-state index is 15.6. The van der Waals surface area contributed by atoms with Crippen LogP contribution in [0.1, 0.15) is 55.7 Å². The number of benzene rings is 1. The standard InChI is InChI=1S/C22H24F4N4O2S/c1-10-17(14(23)9-13-18(10)30(12-6-7-12)21(32)29-19(13)31)16-8-11-4-2-3-5-15(11)33(16,28)20(27)22(24,25)26/h8-9,12,20H,2-7,27-28H2,1H3,(H,29,31,32). The zero-order valence-electron chi connectivity index (χ0n) is 17.9. The number of rotatable bonds is 3. The minimum atomic E-state index is -4.78. The van der Waals surface area contributed by atoms with Crippen molar-refractivity contribution in [3.63, 3.8) is 0 Å². The summed E-state index contributed by atoms with van der Waals surface area (Å²) in [6.45, 7) is 1.52. The first-order valence-electron chi connectivity index (χ1n) is 10.8. The Morgan fingerprint density at radius 3 is 2.52 bits per heavy atom. The van der Waals surface area contributed by atoms with Crippen LogP contribution in [0.4, 0.5) is 17.6 Å². The molecule has 2 aliphatic carbocycles. The average Bonchev–Trinajstić information content (AvgIpc) is 3.53. The van der Waals surface area contributed by atoms with Crippen LogP contribution in [0.15, 0.2) is 32.2 Å². The first-order valence-corrected chi connectivity index (χ1v) is 12.6. The van der Waals surface area contributed by atoms with Gasteiger partial charge in [0.25, 0.3) is 5.56 Å². The summed E-state index contributed by atoms with van der Waals surface area (Å²) in [7, 11) is -3.31. The van der Waals surface area contributed by atoms with Crippen LogP contribution in [-0.4, -0.2) is 21.1 Å². The summed E-state index contributed by atoms with van der Waals surface area (Å²) in [5.74, 6) is -0.853. The van der Waals surface area contributed by atoms with E-state index in [1.807, 2.05) is 0 Å². The van der Waals surface area contributed by atoms with Crippen LogP contribution in [0.25, 0.3) is 15.8 Å². The normalized spacial score (nSPS) is 26.2. The van der Waals surface area contributed by atoms with E-state index < -0.39 is 38.8 Å². The molecular weight excluding hydrogens is 460 g/mol. The highest BCUT2D eigenvalue weighted by Crippen LogP contribution is 2.71. The number of aromatic nitrogens is 2. The molecule has 0 bridgehead atoms. The lowest BCUT2D eigenvalue weighted by atomic mass is 9.97. The first kappa shape index (κ1) is 22.4. The minimum Gasteiger partial charge on any atom is -0.312 e. The molecule has 0 spiro atoms. The van der Waals surface area contributed by atoms with E-state index in [9.17, 15) is 22.8 Å². The van der Waals surface area contributed by atoms with Gasteiger partial charge in [0.15, 0.2) is 5.37 Å². The Labute approximate surface area is 187 Å². The summed E-state index contributed by atoms with van der Waals surface area (Å²) < 4.78 is 58.7. The van der Waals surface area contributed by atoms with Gasteiger partial charge in [0.1, 0.15) is 5.82 Å². The second-order valence-electron chi connectivity index (χ2n) is 8.95. The van der Waals surface area contributed by atoms with Crippen LogP contribution in [0.3, 0.4) is 0 Å². The van der Waals surface area contributed by atoms with E-state index in [1.165, 1.54) is 11.5 Å². The van der Waals surface area contributed by atoms with Gasteiger partial charge in [-0.15, -0.1) is 10.2 Å². The molecule has 1 fully saturated rings. The lowest BCUT2D eigenvalue weighted by molar-refractivity contribution is -0.128. The minimum absolute atomic E-state index is 0.0192. The van der Waals surface area contributed by atoms with Crippen LogP contribution in [0, 0.1) is 12.7 Å². The van der Waals surface area contributed by atoms with Crippen molar-refractivity contribution in [3.05, 3.63) is 60.4 Å². The Morgan fingerprint density at radius 2 is 1.88 bits per heavy atom. The molecular formula is C22H24F4N4O2S. The van der Waals surface area contributed by atoms with E-state index >= 15 is 4.39 Å². The summed E-state index contributed by atoms with van der Waals surface area (Å²) in [4.78, 5) is 27.8. The Morgan fingerprint density at radius 1 is 1.21 bits per heavy atom. The Hall–Kier alpha value is -2.37. The van der Waals surface area contributed by atoms with Gasteiger partial charge in [0.05, 0.1) is 10.9 Å². The van der Waals surface area contributed by atoms with E-state index in [2.05, 4.69) is 4.98 Å². The van der Waals surface area contributed by atoms with Crippen molar-refractivity contribution in [2.45, 2.75) is 63.0 Å². The van der Waals surface area contributed by atoms with E-state index in [0.29, 0.717) is 29.7 Å². The van der Waals surface area contributed by atoms with E-state index in [0.717, 1.165) is 25.3 Å². The molecule has 1 saturated carbocycles. The van der Waals surface area contributed by atoms with Crippen LogP contribution >= 0.6 is 10.2 Å². The summed E-state index contributed by atoms with van der Waals surface area (Å²) in [6, 6.07) is 0.844. The third-order valence-corrected chi connectivity index (χ3v) is 10.2. The van der Waals surface area contributed by atoms with Crippen LogP contribution in [0.2, 0.25) is 0 Å². The predicted octanol–water partition coefficient (Wildman–Crippen LogP) is 4.18. The molecule has 2 unspecified atom stereocenters. The smallest absolute Gasteiger partial charge is 0.312 e. The number of alkyl halides is 3. The number of hydrogen-bond donors (Lipinski definition) is 3. The molecule has 1 aliphatic heterocycles. The lowest BCUT2D eigenvalue weighted by Crippen LogP contribution is -2.45. The molecule has 1 aromatic heterocycles. The maximum absolute atomic E-state index is 15.6. The van der Waals surface area contributed by atoms with Gasteiger partial charge in [-0.05, 0) is 73.6 Å². The van der Waals surface area contributed by atoms with Crippen molar-refractivity contribution >= 4 is 26.0 Å². The van der Waals surface area contributed by atoms with Crippen molar-refractivity contribution in [1.82, 2.24) is 9.55 Å². The molecule has 178 valence electrons. The zero-order chi connectivity index (χ0) is 23.9. The monoisotopic (exact) mass is 484 g/mol. The number of allylic oxidation sites excluding steroid dienone is 3. The number of nitrogens with two attached hydrogens (primary N) is 2. The lowest BCUT2D eigenvalue weighted by Gasteiger charge is -2.44. The molecule has 2 heterocycles. The number of halogens is 4. The second-order valence-corrected chi connectivity index (χ2v) is 11.8. The molecule has 0 saturated heterocycles. The van der Waals surface area contributed by atoms with Gasteiger partial charge < -0.3 is 5.73 Å². The summed E-state index contributed by atoms with van der Waals surface area (Å²) >= 11 is 0. The van der Waals surface area contributed by atoms with Gasteiger partial charge in [-0.3, -0.25) is 19.5 Å². The van der Waals surface area contributed by atoms with Gasteiger partial charge in [-0.2, -0.15) is 13.2 Å². The Bertz CT molecular complexity index is 1370. The van der Waals surface area contributed by atoms with E-state index in [-0.39, 0.29) is 33.0 Å². The molecule has 1 aromatic carbocycles. The summed E-state index contributed by atoms with van der Waals surface area (Å²) in [5.41, 5.74) is 5.46. The number of nitrogens with zero attached hydrogens (tertiary/aromatic N) is 1. The highest BCUT2D eigenvalue weighted by molar-refractivity contribution is 8.42. The van der Waals surface area contributed by atoms with Crippen molar-refractivity contribution in [2.75, 3.05) is 0 Å². The number of nitrogens with one attached hydrogen (secondary N) is 1. The number of aromatic amines is 1. The van der Waals surface area contributed by atoms with Crippen molar-refractivity contribution in [2.24, 2.45) is 10.9 Å². The molecule has 0 radical (unpaired) electrons. The number of H-pyrrole nitrogens is 1. The van der Waals surface area contributed by atoms with E-state index in [1.54, 1.807) is 6.08 Å². The molecule has 2 atom stereocenters. The molecule has 3 aliphatic rings. The molecule has 5 rings (SSSR count). The third-order valence-electron chi connectivity index (χ3n) is 6.84. The summed E-state index contributed by atoms with van der Waals surface area (Å²) in [6.07, 6.45) is 0.646. The molecule has 0 amide bonds. The van der Waals surface area contributed by atoms with Gasteiger partial charge >= 0.3 is 11.9 Å². The van der Waals surface area contributed by atoms with Gasteiger partial charge in [0, 0.05) is 16.5 Å². The Kier molecular flexibility index (Phi) is 4.97. The first-order chi connectivity index (χ1) is 15.5. The van der Waals surface area contributed by atoms with Crippen LogP contribution in [0.5, 0.6) is 0 Å². The highest BCUT2D eigenvalue weighted by Gasteiger charge is 2.53. The van der Waals surface area contributed by atoms with E-state index in [4.69, 9.17) is 10.9 Å².